The lowest BCUT2D eigenvalue weighted by atomic mass is 10.1. The van der Waals surface area contributed by atoms with Crippen LogP contribution in [0.3, 0.4) is 0 Å². The van der Waals surface area contributed by atoms with Gasteiger partial charge in [-0.1, -0.05) is 48.9 Å². The van der Waals surface area contributed by atoms with Crippen molar-refractivity contribution in [3.63, 3.8) is 0 Å². The summed E-state index contributed by atoms with van der Waals surface area (Å²) >= 11 is 6.06. The van der Waals surface area contributed by atoms with E-state index < -0.39 is 5.91 Å². The quantitative estimate of drug-likeness (QED) is 0.563. The van der Waals surface area contributed by atoms with Crippen LogP contribution in [0, 0.1) is 18.3 Å². The highest BCUT2D eigenvalue weighted by atomic mass is 35.5. The minimum atomic E-state index is -0.478. The van der Waals surface area contributed by atoms with Crippen molar-refractivity contribution in [3.05, 3.63) is 76.0 Å². The van der Waals surface area contributed by atoms with Crippen molar-refractivity contribution in [1.29, 1.82) is 5.26 Å². The number of nitrogens with zero attached hydrogens (tertiary/aromatic N) is 1. The van der Waals surface area contributed by atoms with Crippen molar-refractivity contribution >= 4 is 23.2 Å². The molecule has 1 amide bonds. The maximum Gasteiger partial charge on any atom is 0.267 e. The van der Waals surface area contributed by atoms with Crippen molar-refractivity contribution in [2.75, 3.05) is 5.32 Å². The van der Waals surface area contributed by atoms with E-state index >= 15 is 0 Å². The molecule has 0 aliphatic heterocycles. The summed E-state index contributed by atoms with van der Waals surface area (Å²) in [4.78, 5) is 12.3. The van der Waals surface area contributed by atoms with Gasteiger partial charge in [0.2, 0.25) is 0 Å². The van der Waals surface area contributed by atoms with E-state index in [1.54, 1.807) is 12.1 Å². The average Bonchev–Trinajstić information content (AvgIpc) is 2.65. The molecule has 0 aromatic heterocycles. The van der Waals surface area contributed by atoms with Crippen LogP contribution in [0.1, 0.15) is 36.6 Å². The van der Waals surface area contributed by atoms with Crippen LogP contribution in [0.25, 0.3) is 0 Å². The predicted octanol–water partition coefficient (Wildman–Crippen LogP) is 4.91. The number of carbonyl (C=O) groups excluding carboxylic acids is 1. The Bertz CT molecular complexity index is 851. The van der Waals surface area contributed by atoms with Crippen molar-refractivity contribution in [1.82, 2.24) is 5.32 Å². The fourth-order valence-corrected chi connectivity index (χ4v) is 2.54. The number of hydrogen-bond donors (Lipinski definition) is 2. The Balaban J connectivity index is 2.04. The second-order valence-corrected chi connectivity index (χ2v) is 6.48. The zero-order valence-corrected chi connectivity index (χ0v) is 15.9. The third-order valence-electron chi connectivity index (χ3n) is 4.16. The second kappa shape index (κ2) is 9.07. The van der Waals surface area contributed by atoms with Gasteiger partial charge in [-0.25, -0.2) is 0 Å². The standard InChI is InChI=1S/C21H22ClN3O/c1-4-16-6-8-17(9-7-16)15(3)24-13-18(12-23)21(26)25-19-10-5-14(2)20(22)11-19/h5-11,13,15,24H,4H2,1-3H3,(H,25,26)/b18-13-. The molecular weight excluding hydrogens is 346 g/mol. The summed E-state index contributed by atoms with van der Waals surface area (Å²) in [5.41, 5.74) is 3.82. The Morgan fingerprint density at radius 1 is 1.27 bits per heavy atom. The minimum absolute atomic E-state index is 0.00118. The first kappa shape index (κ1) is 19.6. The van der Waals surface area contributed by atoms with Crippen molar-refractivity contribution in [2.24, 2.45) is 0 Å². The van der Waals surface area contributed by atoms with E-state index in [-0.39, 0.29) is 11.6 Å². The van der Waals surface area contributed by atoms with Crippen LogP contribution in [-0.2, 0) is 11.2 Å². The lowest BCUT2D eigenvalue weighted by Gasteiger charge is -2.13. The molecular formula is C21H22ClN3O. The summed E-state index contributed by atoms with van der Waals surface area (Å²) in [6.07, 6.45) is 2.44. The number of aryl methyl sites for hydroxylation is 2. The number of nitrogens with one attached hydrogen (secondary N) is 2. The van der Waals surface area contributed by atoms with Crippen LogP contribution in [0.2, 0.25) is 5.02 Å². The van der Waals surface area contributed by atoms with Gasteiger partial charge in [-0.05, 0) is 49.1 Å². The van der Waals surface area contributed by atoms with Gasteiger partial charge in [-0.15, -0.1) is 0 Å². The number of amides is 1. The van der Waals surface area contributed by atoms with E-state index in [2.05, 4.69) is 29.7 Å². The summed E-state index contributed by atoms with van der Waals surface area (Å²) in [6, 6.07) is 15.4. The lowest BCUT2D eigenvalue weighted by molar-refractivity contribution is -0.112. The fourth-order valence-electron chi connectivity index (χ4n) is 2.36. The van der Waals surface area contributed by atoms with Crippen LogP contribution in [0.5, 0.6) is 0 Å². The highest BCUT2D eigenvalue weighted by Gasteiger charge is 2.11. The van der Waals surface area contributed by atoms with Gasteiger partial charge in [0.1, 0.15) is 11.6 Å². The molecule has 0 fully saturated rings. The molecule has 2 aromatic rings. The number of benzene rings is 2. The molecule has 26 heavy (non-hydrogen) atoms. The normalized spacial score (nSPS) is 12.2. The number of rotatable bonds is 6. The molecule has 0 radical (unpaired) electrons. The molecule has 0 saturated heterocycles. The Kier molecular flexibility index (Phi) is 6.82. The SMILES string of the molecule is CCc1ccc(C(C)N/C=C(/C#N)C(=O)Nc2ccc(C)c(Cl)c2)cc1. The molecule has 0 heterocycles. The molecule has 0 spiro atoms. The Labute approximate surface area is 159 Å². The second-order valence-electron chi connectivity index (χ2n) is 6.07. The van der Waals surface area contributed by atoms with Gasteiger partial charge in [0, 0.05) is 23.0 Å². The van der Waals surface area contributed by atoms with Crippen LogP contribution < -0.4 is 10.6 Å². The first-order valence-corrected chi connectivity index (χ1v) is 8.85. The van der Waals surface area contributed by atoms with Gasteiger partial charge in [0.05, 0.1) is 0 Å². The predicted molar refractivity (Wildman–Crippen MR) is 106 cm³/mol. The molecule has 2 aromatic carbocycles. The Hall–Kier alpha value is -2.77. The summed E-state index contributed by atoms with van der Waals surface area (Å²) in [5.74, 6) is -0.478. The number of nitriles is 1. The van der Waals surface area contributed by atoms with Gasteiger partial charge >= 0.3 is 0 Å². The molecule has 0 aliphatic carbocycles. The van der Waals surface area contributed by atoms with Crippen LogP contribution >= 0.6 is 11.6 Å². The van der Waals surface area contributed by atoms with E-state index in [1.165, 1.54) is 11.8 Å². The maximum absolute atomic E-state index is 12.3. The van der Waals surface area contributed by atoms with Crippen LogP contribution in [-0.4, -0.2) is 5.91 Å². The molecule has 1 atom stereocenters. The molecule has 4 nitrogen and oxygen atoms in total. The highest BCUT2D eigenvalue weighted by Crippen LogP contribution is 2.20. The monoisotopic (exact) mass is 367 g/mol. The Morgan fingerprint density at radius 2 is 1.96 bits per heavy atom. The van der Waals surface area contributed by atoms with E-state index in [1.807, 2.05) is 38.1 Å². The van der Waals surface area contributed by atoms with Gasteiger partial charge in [-0.2, -0.15) is 5.26 Å². The molecule has 0 aliphatic rings. The van der Waals surface area contributed by atoms with E-state index in [4.69, 9.17) is 11.6 Å². The number of anilines is 1. The third-order valence-corrected chi connectivity index (χ3v) is 4.57. The van der Waals surface area contributed by atoms with Crippen molar-refractivity contribution in [2.45, 2.75) is 33.2 Å². The highest BCUT2D eigenvalue weighted by molar-refractivity contribution is 6.31. The first-order valence-electron chi connectivity index (χ1n) is 8.47. The summed E-state index contributed by atoms with van der Waals surface area (Å²) in [7, 11) is 0. The molecule has 0 saturated carbocycles. The van der Waals surface area contributed by atoms with Crippen LogP contribution in [0.4, 0.5) is 5.69 Å². The minimum Gasteiger partial charge on any atom is -0.383 e. The van der Waals surface area contributed by atoms with Crippen LogP contribution in [0.15, 0.2) is 54.2 Å². The molecule has 2 N–H and O–H groups in total. The summed E-state index contributed by atoms with van der Waals surface area (Å²) < 4.78 is 0. The fraction of sp³-hybridized carbons (Fsp3) is 0.238. The largest absolute Gasteiger partial charge is 0.383 e. The van der Waals surface area contributed by atoms with E-state index in [0.29, 0.717) is 10.7 Å². The summed E-state index contributed by atoms with van der Waals surface area (Å²) in [6.45, 7) is 5.97. The Morgan fingerprint density at radius 3 is 2.54 bits per heavy atom. The van der Waals surface area contributed by atoms with Gasteiger partial charge in [0.25, 0.3) is 5.91 Å². The topological polar surface area (TPSA) is 64.9 Å². The number of hydrogen-bond acceptors (Lipinski definition) is 3. The number of carbonyl (C=O) groups is 1. The molecule has 0 bridgehead atoms. The molecule has 2 rings (SSSR count). The molecule has 1 unspecified atom stereocenters. The summed E-state index contributed by atoms with van der Waals surface area (Å²) in [5, 5.41) is 15.6. The van der Waals surface area contributed by atoms with E-state index in [9.17, 15) is 10.1 Å². The zero-order chi connectivity index (χ0) is 19.1. The molecule has 134 valence electrons. The van der Waals surface area contributed by atoms with Gasteiger partial charge < -0.3 is 10.6 Å². The zero-order valence-electron chi connectivity index (χ0n) is 15.1. The van der Waals surface area contributed by atoms with E-state index in [0.717, 1.165) is 17.5 Å². The third kappa shape index (κ3) is 5.11. The molecule has 5 heteroatoms. The van der Waals surface area contributed by atoms with Gasteiger partial charge in [-0.3, -0.25) is 4.79 Å². The van der Waals surface area contributed by atoms with Crippen molar-refractivity contribution < 1.29 is 4.79 Å². The maximum atomic E-state index is 12.3. The average molecular weight is 368 g/mol. The number of halogens is 1. The first-order chi connectivity index (χ1) is 12.4. The lowest BCUT2D eigenvalue weighted by Crippen LogP contribution is -2.18. The van der Waals surface area contributed by atoms with Crippen molar-refractivity contribution in [3.8, 4) is 6.07 Å². The van der Waals surface area contributed by atoms with Gasteiger partial charge in [0.15, 0.2) is 0 Å². The smallest absolute Gasteiger partial charge is 0.267 e.